The molecule has 0 aromatic heterocycles. The summed E-state index contributed by atoms with van der Waals surface area (Å²) in [6.45, 7) is 12.3. The van der Waals surface area contributed by atoms with E-state index in [9.17, 15) is 0 Å². The molecule has 0 N–H and O–H groups in total. The summed E-state index contributed by atoms with van der Waals surface area (Å²) in [6, 6.07) is 10.3. The first-order chi connectivity index (χ1) is 11.2. The second kappa shape index (κ2) is 12.2. The van der Waals surface area contributed by atoms with E-state index in [0.29, 0.717) is 20.1 Å². The first kappa shape index (κ1) is 19.8. The maximum Gasteiger partial charge on any atom is 0.357 e. The van der Waals surface area contributed by atoms with Gasteiger partial charge in [-0.25, -0.2) is 0 Å². The second-order valence-electron chi connectivity index (χ2n) is 6.39. The van der Waals surface area contributed by atoms with Gasteiger partial charge in [-0.2, -0.15) is 0 Å². The smallest absolute Gasteiger partial charge is 0.357 e. The van der Waals surface area contributed by atoms with Crippen molar-refractivity contribution in [3.05, 3.63) is 48.2 Å². The van der Waals surface area contributed by atoms with Crippen LogP contribution < -0.4 is 0 Å². The zero-order chi connectivity index (χ0) is 16.9. The third-order valence-corrected chi connectivity index (χ3v) is 4.11. The van der Waals surface area contributed by atoms with Crippen molar-refractivity contribution in [1.82, 2.24) is 0 Å². The van der Waals surface area contributed by atoms with Crippen molar-refractivity contribution in [2.75, 3.05) is 6.61 Å². The normalized spacial score (nSPS) is 12.0. The average Bonchev–Trinajstić information content (AvgIpc) is 2.58. The first-order valence-corrected chi connectivity index (χ1v) is 9.14. The van der Waals surface area contributed by atoms with Gasteiger partial charge in [0.1, 0.15) is 0 Å². The Kier molecular flexibility index (Phi) is 10.6. The van der Waals surface area contributed by atoms with Crippen molar-refractivity contribution in [2.24, 2.45) is 5.92 Å². The largest absolute Gasteiger partial charge is 0.564 e. The summed E-state index contributed by atoms with van der Waals surface area (Å²) in [5.41, 5.74) is 1.20. The van der Waals surface area contributed by atoms with Gasteiger partial charge in [0.15, 0.2) is 0 Å². The summed E-state index contributed by atoms with van der Waals surface area (Å²) in [6.07, 6.45) is 7.14. The monoisotopic (exact) mass is 316 g/mol. The fourth-order valence-corrected chi connectivity index (χ4v) is 2.48. The molecule has 2 nitrogen and oxygen atoms in total. The van der Waals surface area contributed by atoms with Crippen molar-refractivity contribution >= 4 is 6.92 Å². The minimum atomic E-state index is 0.226. The van der Waals surface area contributed by atoms with Gasteiger partial charge in [0.25, 0.3) is 0 Å². The zero-order valence-corrected chi connectivity index (χ0v) is 15.2. The van der Waals surface area contributed by atoms with E-state index in [1.165, 1.54) is 31.2 Å². The van der Waals surface area contributed by atoms with Gasteiger partial charge in [0, 0.05) is 5.92 Å². The molecular weight excluding hydrogens is 283 g/mol. The first-order valence-electron chi connectivity index (χ1n) is 9.14. The standard InChI is InChI=1S/C20H33BO2/c1-5-7-14-21(15-8-6-2)23-19(4)18(3)16-22-17-20-12-10-9-11-13-20/h9-13,18H,4-8,14-17H2,1-3H3/t18-/m0/s1. The van der Waals surface area contributed by atoms with Crippen LogP contribution in [0, 0.1) is 5.92 Å². The number of ether oxygens (including phenoxy) is 1. The lowest BCUT2D eigenvalue weighted by Gasteiger charge is -2.22. The number of benzene rings is 1. The van der Waals surface area contributed by atoms with Crippen molar-refractivity contribution in [1.29, 1.82) is 0 Å². The van der Waals surface area contributed by atoms with Crippen LogP contribution >= 0.6 is 0 Å². The molecule has 0 bridgehead atoms. The van der Waals surface area contributed by atoms with Gasteiger partial charge < -0.3 is 9.39 Å². The van der Waals surface area contributed by atoms with Gasteiger partial charge in [-0.1, -0.05) is 83.4 Å². The van der Waals surface area contributed by atoms with E-state index in [4.69, 9.17) is 9.39 Å². The molecular formula is C20H33BO2. The molecule has 1 rings (SSSR count). The molecule has 0 saturated heterocycles. The second-order valence-corrected chi connectivity index (χ2v) is 6.39. The SMILES string of the molecule is C=C(OB(CCCC)CCCC)[C@@H](C)COCc1ccccc1. The predicted octanol–water partition coefficient (Wildman–Crippen LogP) is 5.96. The molecule has 23 heavy (non-hydrogen) atoms. The Morgan fingerprint density at radius 3 is 2.26 bits per heavy atom. The fourth-order valence-electron chi connectivity index (χ4n) is 2.48. The van der Waals surface area contributed by atoms with Crippen LogP contribution in [0.15, 0.2) is 42.7 Å². The van der Waals surface area contributed by atoms with Crippen molar-refractivity contribution in [3.63, 3.8) is 0 Å². The van der Waals surface area contributed by atoms with Crippen LogP contribution in [-0.4, -0.2) is 13.5 Å². The topological polar surface area (TPSA) is 18.5 Å². The van der Waals surface area contributed by atoms with E-state index in [1.54, 1.807) is 0 Å². The van der Waals surface area contributed by atoms with E-state index in [2.05, 4.69) is 39.5 Å². The summed E-state index contributed by atoms with van der Waals surface area (Å²) in [7, 11) is 0. The van der Waals surface area contributed by atoms with Crippen LogP contribution in [0.1, 0.15) is 52.0 Å². The highest BCUT2D eigenvalue weighted by atomic mass is 16.5. The lowest BCUT2D eigenvalue weighted by molar-refractivity contribution is 0.0911. The van der Waals surface area contributed by atoms with Gasteiger partial charge in [-0.05, 0) is 18.2 Å². The quantitative estimate of drug-likeness (QED) is 0.330. The molecule has 1 atom stereocenters. The van der Waals surface area contributed by atoms with Crippen LogP contribution in [0.3, 0.4) is 0 Å². The molecule has 0 saturated carbocycles. The molecule has 0 aliphatic rings. The highest BCUT2D eigenvalue weighted by Crippen LogP contribution is 2.19. The predicted molar refractivity (Wildman–Crippen MR) is 101 cm³/mol. The number of rotatable bonds is 13. The molecule has 0 heterocycles. The van der Waals surface area contributed by atoms with E-state index in [0.717, 1.165) is 18.4 Å². The minimum Gasteiger partial charge on any atom is -0.564 e. The molecule has 0 radical (unpaired) electrons. The molecule has 0 spiro atoms. The van der Waals surface area contributed by atoms with Crippen molar-refractivity contribution < 1.29 is 9.39 Å². The third-order valence-electron chi connectivity index (χ3n) is 4.11. The van der Waals surface area contributed by atoms with Gasteiger partial charge >= 0.3 is 6.92 Å². The van der Waals surface area contributed by atoms with E-state index < -0.39 is 0 Å². The highest BCUT2D eigenvalue weighted by molar-refractivity contribution is 6.52. The van der Waals surface area contributed by atoms with Gasteiger partial charge in [-0.15, -0.1) is 0 Å². The Labute approximate surface area is 143 Å². The van der Waals surface area contributed by atoms with Crippen LogP contribution in [0.25, 0.3) is 0 Å². The zero-order valence-electron chi connectivity index (χ0n) is 15.2. The molecule has 1 aromatic rings. The van der Waals surface area contributed by atoms with E-state index >= 15 is 0 Å². The number of hydrogen-bond acceptors (Lipinski definition) is 2. The molecule has 0 amide bonds. The Hall–Kier alpha value is -1.22. The van der Waals surface area contributed by atoms with Crippen LogP contribution in [0.4, 0.5) is 0 Å². The van der Waals surface area contributed by atoms with Gasteiger partial charge in [0.05, 0.1) is 19.0 Å². The average molecular weight is 316 g/mol. The van der Waals surface area contributed by atoms with Crippen molar-refractivity contribution in [3.8, 4) is 0 Å². The molecule has 0 fully saturated rings. The van der Waals surface area contributed by atoms with Crippen molar-refractivity contribution in [2.45, 2.75) is 65.7 Å². The third kappa shape index (κ3) is 8.85. The van der Waals surface area contributed by atoms with Gasteiger partial charge in [-0.3, -0.25) is 0 Å². The maximum atomic E-state index is 6.14. The van der Waals surface area contributed by atoms with Crippen LogP contribution in [0.5, 0.6) is 0 Å². The highest BCUT2D eigenvalue weighted by Gasteiger charge is 2.19. The van der Waals surface area contributed by atoms with Gasteiger partial charge in [0.2, 0.25) is 0 Å². The lowest BCUT2D eigenvalue weighted by Crippen LogP contribution is -2.21. The molecule has 0 aliphatic carbocycles. The Morgan fingerprint density at radius 2 is 1.70 bits per heavy atom. The summed E-state index contributed by atoms with van der Waals surface area (Å²) < 4.78 is 12.0. The molecule has 3 heteroatoms. The summed E-state index contributed by atoms with van der Waals surface area (Å²) in [5, 5.41) is 0. The van der Waals surface area contributed by atoms with Crippen LogP contribution in [-0.2, 0) is 16.0 Å². The van der Waals surface area contributed by atoms with E-state index in [1.807, 2.05) is 18.2 Å². The van der Waals surface area contributed by atoms with Crippen LogP contribution in [0.2, 0.25) is 12.6 Å². The summed E-state index contributed by atoms with van der Waals surface area (Å²) in [4.78, 5) is 0. The summed E-state index contributed by atoms with van der Waals surface area (Å²) in [5.74, 6) is 1.10. The Balaban J connectivity index is 2.32. The van der Waals surface area contributed by atoms with E-state index in [-0.39, 0.29) is 5.92 Å². The minimum absolute atomic E-state index is 0.226. The maximum absolute atomic E-state index is 6.14. The molecule has 1 aromatic carbocycles. The number of unbranched alkanes of at least 4 members (excludes halogenated alkanes) is 2. The Bertz CT molecular complexity index is 411. The fraction of sp³-hybridized carbons (Fsp3) is 0.600. The summed E-state index contributed by atoms with van der Waals surface area (Å²) >= 11 is 0. The molecule has 128 valence electrons. The lowest BCUT2D eigenvalue weighted by atomic mass is 9.59. The Morgan fingerprint density at radius 1 is 1.09 bits per heavy atom. The number of hydrogen-bond donors (Lipinski definition) is 0. The molecule has 0 unspecified atom stereocenters. The molecule has 0 aliphatic heterocycles.